The van der Waals surface area contributed by atoms with Gasteiger partial charge in [0, 0.05) is 18.6 Å². The Bertz CT molecular complexity index is 1090. The highest BCUT2D eigenvalue weighted by atomic mass is 32.2. The number of ether oxygens (including phenoxy) is 1. The number of rotatable bonds is 13. The molecule has 1 aliphatic heterocycles. The van der Waals surface area contributed by atoms with Gasteiger partial charge in [-0.05, 0) is 35.8 Å². The SMILES string of the molecule is CCCCCCCCCC(=O)NN1C(=O)/C(=C/c2cccc([N+](=O)[O-])c2)SC1c1ccc(OC)cc1. The number of methoxy groups -OCH3 is 1. The van der Waals surface area contributed by atoms with E-state index in [0.29, 0.717) is 22.6 Å². The van der Waals surface area contributed by atoms with Crippen molar-refractivity contribution in [3.63, 3.8) is 0 Å². The van der Waals surface area contributed by atoms with Gasteiger partial charge in [0.25, 0.3) is 11.6 Å². The third kappa shape index (κ3) is 7.58. The van der Waals surface area contributed by atoms with Crippen LogP contribution in [-0.2, 0) is 9.59 Å². The summed E-state index contributed by atoms with van der Waals surface area (Å²) in [4.78, 5) is 37.1. The molecule has 0 spiro atoms. The Morgan fingerprint density at radius 1 is 1.11 bits per heavy atom. The highest BCUT2D eigenvalue weighted by Crippen LogP contribution is 2.45. The number of non-ortho nitro benzene ring substituents is 1. The van der Waals surface area contributed by atoms with Crippen molar-refractivity contribution in [2.45, 2.75) is 63.7 Å². The first kappa shape index (κ1) is 27.3. The molecular weight excluding hydrogens is 478 g/mol. The zero-order valence-corrected chi connectivity index (χ0v) is 21.6. The highest BCUT2D eigenvalue weighted by molar-refractivity contribution is 8.04. The molecule has 0 radical (unpaired) electrons. The lowest BCUT2D eigenvalue weighted by atomic mass is 10.1. The van der Waals surface area contributed by atoms with Gasteiger partial charge in [-0.3, -0.25) is 25.1 Å². The molecule has 2 aromatic carbocycles. The molecule has 1 saturated heterocycles. The number of benzene rings is 2. The normalized spacial score (nSPS) is 16.4. The molecule has 0 saturated carbocycles. The summed E-state index contributed by atoms with van der Waals surface area (Å²) >= 11 is 1.30. The number of nitro groups is 1. The molecule has 1 unspecified atom stereocenters. The smallest absolute Gasteiger partial charge is 0.280 e. The lowest BCUT2D eigenvalue weighted by Crippen LogP contribution is -2.44. The van der Waals surface area contributed by atoms with Gasteiger partial charge < -0.3 is 4.74 Å². The van der Waals surface area contributed by atoms with Crippen LogP contribution in [0.2, 0.25) is 0 Å². The van der Waals surface area contributed by atoms with Gasteiger partial charge in [-0.15, -0.1) is 0 Å². The van der Waals surface area contributed by atoms with E-state index in [0.717, 1.165) is 24.8 Å². The summed E-state index contributed by atoms with van der Waals surface area (Å²) in [6.07, 6.45) is 9.70. The van der Waals surface area contributed by atoms with Crippen LogP contribution in [0, 0.1) is 10.1 Å². The Hall–Kier alpha value is -3.33. The number of unbranched alkanes of at least 4 members (excludes halogenated alkanes) is 6. The predicted octanol–water partition coefficient (Wildman–Crippen LogP) is 6.39. The van der Waals surface area contributed by atoms with Crippen molar-refractivity contribution in [1.29, 1.82) is 0 Å². The quantitative estimate of drug-likeness (QED) is 0.145. The first-order valence-corrected chi connectivity index (χ1v) is 13.2. The second kappa shape index (κ2) is 13.7. The summed E-state index contributed by atoms with van der Waals surface area (Å²) in [7, 11) is 1.58. The van der Waals surface area contributed by atoms with Gasteiger partial charge in [-0.25, -0.2) is 5.01 Å². The van der Waals surface area contributed by atoms with Gasteiger partial charge in [-0.2, -0.15) is 0 Å². The number of hydrogen-bond donors (Lipinski definition) is 1. The van der Waals surface area contributed by atoms with Crippen LogP contribution < -0.4 is 10.2 Å². The number of carbonyl (C=O) groups is 2. The van der Waals surface area contributed by atoms with Gasteiger partial charge in [-0.1, -0.05) is 81.5 Å². The number of nitrogens with zero attached hydrogens (tertiary/aromatic N) is 2. The number of carbonyl (C=O) groups excluding carboxylic acids is 2. The summed E-state index contributed by atoms with van der Waals surface area (Å²) in [5.41, 5.74) is 4.13. The number of hydrogen-bond acceptors (Lipinski definition) is 6. The van der Waals surface area contributed by atoms with E-state index in [9.17, 15) is 19.7 Å². The van der Waals surface area contributed by atoms with Crippen LogP contribution in [-0.4, -0.2) is 28.9 Å². The fraction of sp³-hybridized carbons (Fsp3) is 0.407. The Morgan fingerprint density at radius 2 is 1.81 bits per heavy atom. The second-order valence-corrected chi connectivity index (χ2v) is 9.81. The Kier molecular flexibility index (Phi) is 10.4. The number of thioether (sulfide) groups is 1. The van der Waals surface area contributed by atoms with Gasteiger partial charge in [0.15, 0.2) is 0 Å². The molecule has 0 bridgehead atoms. The number of nitro benzene ring substituents is 1. The maximum Gasteiger partial charge on any atom is 0.280 e. The summed E-state index contributed by atoms with van der Waals surface area (Å²) < 4.78 is 5.24. The molecule has 9 heteroatoms. The van der Waals surface area contributed by atoms with Crippen molar-refractivity contribution in [3.8, 4) is 5.75 Å². The minimum atomic E-state index is -0.470. The van der Waals surface area contributed by atoms with E-state index in [4.69, 9.17) is 4.74 Å². The molecular formula is C27H33N3O5S. The van der Waals surface area contributed by atoms with Crippen molar-refractivity contribution in [3.05, 3.63) is 74.7 Å². The van der Waals surface area contributed by atoms with E-state index in [-0.39, 0.29) is 17.5 Å². The van der Waals surface area contributed by atoms with E-state index in [1.165, 1.54) is 54.6 Å². The van der Waals surface area contributed by atoms with E-state index >= 15 is 0 Å². The lowest BCUT2D eigenvalue weighted by molar-refractivity contribution is -0.384. The van der Waals surface area contributed by atoms with Gasteiger partial charge in [0.2, 0.25) is 5.91 Å². The van der Waals surface area contributed by atoms with Gasteiger partial charge >= 0.3 is 0 Å². The van der Waals surface area contributed by atoms with Crippen LogP contribution in [0.15, 0.2) is 53.4 Å². The largest absolute Gasteiger partial charge is 0.497 e. The minimum Gasteiger partial charge on any atom is -0.497 e. The molecule has 1 fully saturated rings. The summed E-state index contributed by atoms with van der Waals surface area (Å²) in [6, 6.07) is 13.4. The average Bonchev–Trinajstić information content (AvgIpc) is 3.18. The Balaban J connectivity index is 1.73. The third-order valence-electron chi connectivity index (χ3n) is 5.93. The summed E-state index contributed by atoms with van der Waals surface area (Å²) in [6.45, 7) is 2.19. The van der Waals surface area contributed by atoms with E-state index in [2.05, 4.69) is 12.3 Å². The standard InChI is InChI=1S/C27H33N3O5S/c1-3-4-5-6-7-8-9-13-25(31)28-29-26(32)24(19-20-11-10-12-22(18-20)30(33)34)36-27(29)21-14-16-23(35-2)17-15-21/h10-12,14-19,27H,3-9,13H2,1-2H3,(H,28,31)/b24-19-. The highest BCUT2D eigenvalue weighted by Gasteiger charge is 2.38. The van der Waals surface area contributed by atoms with Crippen LogP contribution in [0.3, 0.4) is 0 Å². The predicted molar refractivity (Wildman–Crippen MR) is 142 cm³/mol. The Labute approximate surface area is 216 Å². The number of nitrogens with one attached hydrogen (secondary N) is 1. The molecule has 36 heavy (non-hydrogen) atoms. The fourth-order valence-corrected chi connectivity index (χ4v) is 5.14. The third-order valence-corrected chi connectivity index (χ3v) is 7.19. The molecule has 1 heterocycles. The molecule has 192 valence electrons. The van der Waals surface area contributed by atoms with Crippen molar-refractivity contribution in [1.82, 2.24) is 10.4 Å². The Morgan fingerprint density at radius 3 is 2.47 bits per heavy atom. The van der Waals surface area contributed by atoms with Crippen LogP contribution in [0.1, 0.15) is 74.8 Å². The van der Waals surface area contributed by atoms with E-state index in [1.807, 2.05) is 12.1 Å². The fourth-order valence-electron chi connectivity index (χ4n) is 3.95. The molecule has 3 rings (SSSR count). The van der Waals surface area contributed by atoms with Gasteiger partial charge in [0.1, 0.15) is 11.1 Å². The van der Waals surface area contributed by atoms with Crippen molar-refractivity contribution >= 4 is 35.3 Å². The molecule has 1 N–H and O–H groups in total. The first-order valence-electron chi connectivity index (χ1n) is 12.3. The van der Waals surface area contributed by atoms with Crippen molar-refractivity contribution < 1.29 is 19.2 Å². The topological polar surface area (TPSA) is 102 Å². The van der Waals surface area contributed by atoms with E-state index < -0.39 is 10.3 Å². The van der Waals surface area contributed by atoms with Crippen LogP contribution >= 0.6 is 11.8 Å². The van der Waals surface area contributed by atoms with Crippen LogP contribution in [0.5, 0.6) is 5.75 Å². The summed E-state index contributed by atoms with van der Waals surface area (Å²) in [5, 5.41) is 12.0. The zero-order valence-electron chi connectivity index (χ0n) is 20.8. The molecule has 1 atom stereocenters. The molecule has 8 nitrogen and oxygen atoms in total. The summed E-state index contributed by atoms with van der Waals surface area (Å²) in [5.74, 6) is 0.141. The number of hydrazine groups is 1. The maximum atomic E-state index is 13.3. The maximum absolute atomic E-state index is 13.3. The van der Waals surface area contributed by atoms with Crippen molar-refractivity contribution in [2.75, 3.05) is 7.11 Å². The molecule has 1 aliphatic rings. The van der Waals surface area contributed by atoms with Crippen LogP contribution in [0.25, 0.3) is 6.08 Å². The molecule has 0 aliphatic carbocycles. The minimum absolute atomic E-state index is 0.0497. The molecule has 2 aromatic rings. The zero-order chi connectivity index (χ0) is 25.9. The molecule has 2 amide bonds. The lowest BCUT2D eigenvalue weighted by Gasteiger charge is -2.24. The van der Waals surface area contributed by atoms with Gasteiger partial charge in [0.05, 0.1) is 16.9 Å². The van der Waals surface area contributed by atoms with Crippen molar-refractivity contribution in [2.24, 2.45) is 0 Å². The first-order chi connectivity index (χ1) is 17.4. The molecule has 0 aromatic heterocycles. The van der Waals surface area contributed by atoms with Crippen LogP contribution in [0.4, 0.5) is 5.69 Å². The monoisotopic (exact) mass is 511 g/mol. The van der Waals surface area contributed by atoms with E-state index in [1.54, 1.807) is 37.5 Å². The average molecular weight is 512 g/mol. The number of amides is 2. The second-order valence-electron chi connectivity index (χ2n) is 8.69.